The Labute approximate surface area is 226 Å². The second kappa shape index (κ2) is 10.1. The highest BCUT2D eigenvalue weighted by molar-refractivity contribution is 6.11. The topological polar surface area (TPSA) is 105 Å². The predicted molar refractivity (Wildman–Crippen MR) is 153 cm³/mol. The molecule has 3 aromatic carbocycles. The highest BCUT2D eigenvalue weighted by atomic mass is 16.6. The van der Waals surface area contributed by atoms with Crippen molar-refractivity contribution in [3.05, 3.63) is 79.1 Å². The number of aryl methyl sites for hydroxylation is 1. The number of fused-ring (bicyclic) bond motifs is 1. The molecule has 0 aliphatic carbocycles. The lowest BCUT2D eigenvalue weighted by Gasteiger charge is -2.28. The van der Waals surface area contributed by atoms with E-state index in [4.69, 9.17) is 4.74 Å². The van der Waals surface area contributed by atoms with Gasteiger partial charge in [0, 0.05) is 37.0 Å². The first-order valence-electron chi connectivity index (χ1n) is 12.6. The van der Waals surface area contributed by atoms with E-state index >= 15 is 0 Å². The van der Waals surface area contributed by atoms with Crippen LogP contribution in [0, 0.1) is 0 Å². The Balaban J connectivity index is 1.78. The van der Waals surface area contributed by atoms with Crippen LogP contribution < -0.4 is 10.2 Å². The van der Waals surface area contributed by atoms with Crippen LogP contribution in [0.4, 0.5) is 21.9 Å². The number of nitrogens with zero attached hydrogens (tertiary/aromatic N) is 4. The number of para-hydroxylation sites is 1. The molecule has 0 aliphatic heterocycles. The summed E-state index contributed by atoms with van der Waals surface area (Å²) in [4.78, 5) is 27.1. The van der Waals surface area contributed by atoms with Crippen LogP contribution in [-0.2, 0) is 16.6 Å². The Hall–Kier alpha value is -4.92. The highest BCUT2D eigenvalue weighted by Gasteiger charge is 2.29. The van der Waals surface area contributed by atoms with Crippen LogP contribution in [0.2, 0.25) is 0 Å². The second-order valence-electron chi connectivity index (χ2n) is 10.3. The zero-order chi connectivity index (χ0) is 27.7. The highest BCUT2D eigenvalue weighted by Crippen LogP contribution is 2.41. The van der Waals surface area contributed by atoms with E-state index in [2.05, 4.69) is 20.6 Å². The van der Waals surface area contributed by atoms with Crippen molar-refractivity contribution in [1.29, 1.82) is 0 Å². The molecule has 0 unspecified atom stereocenters. The largest absolute Gasteiger partial charge is 0.443 e. The maximum absolute atomic E-state index is 13.8. The van der Waals surface area contributed by atoms with Crippen LogP contribution >= 0.6 is 0 Å². The van der Waals surface area contributed by atoms with Crippen LogP contribution in [0.1, 0.15) is 27.7 Å². The van der Waals surface area contributed by atoms with Crippen LogP contribution in [-0.4, -0.2) is 37.6 Å². The van der Waals surface area contributed by atoms with Crippen molar-refractivity contribution in [2.75, 3.05) is 10.2 Å². The van der Waals surface area contributed by atoms with Crippen molar-refractivity contribution in [3.8, 4) is 22.4 Å². The average Bonchev–Trinajstić information content (AvgIpc) is 3.50. The van der Waals surface area contributed by atoms with E-state index < -0.39 is 11.7 Å². The number of hydrogen-bond donors (Lipinski definition) is 2. The molecule has 0 aliphatic rings. The molecule has 0 spiro atoms. The number of ether oxygens (including phenoxy) is 1. The third-order valence-corrected chi connectivity index (χ3v) is 5.97. The fourth-order valence-electron chi connectivity index (χ4n) is 4.43. The standard InChI is InChI=1S/C30H30N6O3/c1-19(37)32-23-11-9-10-20(14-23)28-27-25(33-34-28)15-21(22-17-31-35(5)18-22)16-26(27)36(24-12-7-6-8-13-24)29(38)39-30(2,3)4/h6-18H,1-5H3,(H,32,37)(H,33,34). The number of aromatic nitrogens is 4. The first kappa shape index (κ1) is 25.7. The normalized spacial score (nSPS) is 11.4. The van der Waals surface area contributed by atoms with Gasteiger partial charge in [0.2, 0.25) is 5.91 Å². The summed E-state index contributed by atoms with van der Waals surface area (Å²) in [6.45, 7) is 6.98. The minimum absolute atomic E-state index is 0.166. The van der Waals surface area contributed by atoms with Gasteiger partial charge in [0.05, 0.1) is 28.5 Å². The number of carbonyl (C=O) groups excluding carboxylic acids is 2. The molecule has 5 rings (SSSR count). The molecule has 2 heterocycles. The van der Waals surface area contributed by atoms with Gasteiger partial charge in [0.1, 0.15) is 11.3 Å². The van der Waals surface area contributed by atoms with E-state index in [1.54, 1.807) is 15.8 Å². The predicted octanol–water partition coefficient (Wildman–Crippen LogP) is 6.66. The molecule has 0 saturated carbocycles. The maximum Gasteiger partial charge on any atom is 0.419 e. The zero-order valence-electron chi connectivity index (χ0n) is 22.5. The summed E-state index contributed by atoms with van der Waals surface area (Å²) in [7, 11) is 1.86. The molecule has 2 amide bonds. The molecule has 0 radical (unpaired) electrons. The van der Waals surface area contributed by atoms with Gasteiger partial charge in [-0.3, -0.25) is 14.6 Å². The molecule has 2 N–H and O–H groups in total. The smallest absolute Gasteiger partial charge is 0.419 e. The van der Waals surface area contributed by atoms with Crippen LogP contribution in [0.25, 0.3) is 33.3 Å². The average molecular weight is 523 g/mol. The molecule has 5 aromatic rings. The van der Waals surface area contributed by atoms with Gasteiger partial charge in [-0.15, -0.1) is 0 Å². The zero-order valence-corrected chi connectivity index (χ0v) is 22.5. The Morgan fingerprint density at radius 3 is 2.41 bits per heavy atom. The van der Waals surface area contributed by atoms with Gasteiger partial charge >= 0.3 is 6.09 Å². The van der Waals surface area contributed by atoms with E-state index in [1.165, 1.54) is 6.92 Å². The van der Waals surface area contributed by atoms with Gasteiger partial charge in [-0.05, 0) is 62.7 Å². The van der Waals surface area contributed by atoms with Gasteiger partial charge in [-0.2, -0.15) is 10.2 Å². The molecule has 0 fully saturated rings. The van der Waals surface area contributed by atoms with Crippen molar-refractivity contribution in [2.24, 2.45) is 7.05 Å². The number of hydrogen-bond acceptors (Lipinski definition) is 5. The summed E-state index contributed by atoms with van der Waals surface area (Å²) in [5.41, 5.74) is 5.08. The van der Waals surface area contributed by atoms with Crippen molar-refractivity contribution < 1.29 is 14.3 Å². The maximum atomic E-state index is 13.8. The number of H-pyrrole nitrogens is 1. The number of rotatable bonds is 5. The van der Waals surface area contributed by atoms with E-state index in [1.807, 2.05) is 101 Å². The summed E-state index contributed by atoms with van der Waals surface area (Å²) in [6.07, 6.45) is 3.18. The van der Waals surface area contributed by atoms with Crippen molar-refractivity contribution in [2.45, 2.75) is 33.3 Å². The first-order valence-corrected chi connectivity index (χ1v) is 12.6. The summed E-state index contributed by atoms with van der Waals surface area (Å²) >= 11 is 0. The third kappa shape index (κ3) is 5.52. The van der Waals surface area contributed by atoms with Gasteiger partial charge in [-0.25, -0.2) is 9.69 Å². The van der Waals surface area contributed by atoms with Gasteiger partial charge in [0.25, 0.3) is 0 Å². The van der Waals surface area contributed by atoms with Crippen molar-refractivity contribution in [3.63, 3.8) is 0 Å². The second-order valence-corrected chi connectivity index (χ2v) is 10.3. The minimum Gasteiger partial charge on any atom is -0.443 e. The van der Waals surface area contributed by atoms with E-state index in [0.29, 0.717) is 22.8 Å². The number of aromatic amines is 1. The molecule has 0 saturated heterocycles. The molecule has 198 valence electrons. The number of amides is 2. The van der Waals surface area contributed by atoms with Crippen molar-refractivity contribution in [1.82, 2.24) is 20.0 Å². The molecule has 39 heavy (non-hydrogen) atoms. The monoisotopic (exact) mass is 522 g/mol. The summed E-state index contributed by atoms with van der Waals surface area (Å²) in [5.74, 6) is -0.166. The van der Waals surface area contributed by atoms with Crippen LogP contribution in [0.3, 0.4) is 0 Å². The molecule has 0 atom stereocenters. The first-order chi connectivity index (χ1) is 18.6. The molecule has 9 heteroatoms. The Kier molecular flexibility index (Phi) is 6.66. The number of benzene rings is 3. The molecule has 9 nitrogen and oxygen atoms in total. The molecular weight excluding hydrogens is 492 g/mol. The molecule has 0 bridgehead atoms. The minimum atomic E-state index is -0.712. The third-order valence-electron chi connectivity index (χ3n) is 5.97. The Bertz CT molecular complexity index is 1660. The fourth-order valence-corrected chi connectivity index (χ4v) is 4.43. The van der Waals surface area contributed by atoms with Gasteiger partial charge in [-0.1, -0.05) is 30.3 Å². The Morgan fingerprint density at radius 1 is 0.974 bits per heavy atom. The number of carbonyl (C=O) groups is 2. The quantitative estimate of drug-likeness (QED) is 0.268. The summed E-state index contributed by atoms with van der Waals surface area (Å²) < 4.78 is 7.61. The van der Waals surface area contributed by atoms with E-state index in [0.717, 1.165) is 27.6 Å². The van der Waals surface area contributed by atoms with Gasteiger partial charge < -0.3 is 10.1 Å². The number of anilines is 3. The number of nitrogens with one attached hydrogen (secondary N) is 2. The Morgan fingerprint density at radius 2 is 1.74 bits per heavy atom. The van der Waals surface area contributed by atoms with Crippen LogP contribution in [0.15, 0.2) is 79.1 Å². The van der Waals surface area contributed by atoms with E-state index in [-0.39, 0.29) is 5.91 Å². The SMILES string of the molecule is CC(=O)Nc1cccc(-c2n[nH]c3cc(-c4cnn(C)c4)cc(N(C(=O)OC(C)(C)C)c4ccccc4)c23)c1. The summed E-state index contributed by atoms with van der Waals surface area (Å²) in [6, 6.07) is 20.8. The lowest BCUT2D eigenvalue weighted by Crippen LogP contribution is -2.34. The van der Waals surface area contributed by atoms with Crippen LogP contribution in [0.5, 0.6) is 0 Å². The fraction of sp³-hybridized carbons (Fsp3) is 0.200. The molecular formula is C30H30N6O3. The summed E-state index contributed by atoms with van der Waals surface area (Å²) in [5, 5.41) is 15.7. The molecule has 2 aromatic heterocycles. The van der Waals surface area contributed by atoms with E-state index in [9.17, 15) is 9.59 Å². The lowest BCUT2D eigenvalue weighted by molar-refractivity contribution is -0.114. The lowest BCUT2D eigenvalue weighted by atomic mass is 10.0. The van der Waals surface area contributed by atoms with Crippen molar-refractivity contribution >= 4 is 40.0 Å². The van der Waals surface area contributed by atoms with Gasteiger partial charge in [0.15, 0.2) is 0 Å².